The Morgan fingerprint density at radius 2 is 2.20 bits per heavy atom. The van der Waals surface area contributed by atoms with E-state index in [4.69, 9.17) is 0 Å². The number of halogens is 1. The van der Waals surface area contributed by atoms with Gasteiger partial charge in [0.2, 0.25) is 0 Å². The molecule has 1 aromatic heterocycles. The number of aromatic nitrogens is 2. The molecule has 15 heavy (non-hydrogen) atoms. The number of nitrogens with zero attached hydrogens (tertiary/aromatic N) is 2. The van der Waals surface area contributed by atoms with Crippen LogP contribution in [0.15, 0.2) is 30.6 Å². The van der Waals surface area contributed by atoms with Crippen LogP contribution in [0.25, 0.3) is 11.1 Å². The molecule has 0 aliphatic rings. The first-order chi connectivity index (χ1) is 7.20. The van der Waals surface area contributed by atoms with E-state index in [1.807, 2.05) is 13.2 Å². The van der Waals surface area contributed by atoms with Crippen LogP contribution in [0, 0.1) is 5.82 Å². The van der Waals surface area contributed by atoms with Gasteiger partial charge in [-0.15, -0.1) is 0 Å². The SMILES string of the molecule is CNc1cc(F)ccc1-c1cnn(C)c1. The van der Waals surface area contributed by atoms with E-state index >= 15 is 0 Å². The molecule has 0 bridgehead atoms. The van der Waals surface area contributed by atoms with Crippen LogP contribution in [0.1, 0.15) is 0 Å². The molecule has 0 radical (unpaired) electrons. The summed E-state index contributed by atoms with van der Waals surface area (Å²) in [6.45, 7) is 0. The van der Waals surface area contributed by atoms with Crippen LogP contribution in [0.5, 0.6) is 0 Å². The molecule has 0 aliphatic heterocycles. The Labute approximate surface area is 87.5 Å². The number of hydrogen-bond donors (Lipinski definition) is 1. The summed E-state index contributed by atoms with van der Waals surface area (Å²) in [4.78, 5) is 0. The number of anilines is 1. The fourth-order valence-corrected chi connectivity index (χ4v) is 1.54. The van der Waals surface area contributed by atoms with Gasteiger partial charge < -0.3 is 5.32 Å². The van der Waals surface area contributed by atoms with Crippen LogP contribution in [-0.2, 0) is 7.05 Å². The van der Waals surface area contributed by atoms with Crippen LogP contribution in [0.3, 0.4) is 0 Å². The van der Waals surface area contributed by atoms with E-state index in [0.717, 1.165) is 16.8 Å². The van der Waals surface area contributed by atoms with Crippen molar-refractivity contribution in [3.05, 3.63) is 36.4 Å². The first-order valence-electron chi connectivity index (χ1n) is 4.67. The molecular weight excluding hydrogens is 193 g/mol. The second-order valence-corrected chi connectivity index (χ2v) is 3.34. The predicted molar refractivity (Wildman–Crippen MR) is 58.1 cm³/mol. The third-order valence-electron chi connectivity index (χ3n) is 2.27. The van der Waals surface area contributed by atoms with E-state index in [-0.39, 0.29) is 5.82 Å². The minimum absolute atomic E-state index is 0.244. The Balaban J connectivity index is 2.52. The highest BCUT2D eigenvalue weighted by Gasteiger charge is 2.06. The summed E-state index contributed by atoms with van der Waals surface area (Å²) in [5.74, 6) is -0.244. The molecule has 1 N–H and O–H groups in total. The average Bonchev–Trinajstić information content (AvgIpc) is 2.64. The van der Waals surface area contributed by atoms with Crippen molar-refractivity contribution >= 4 is 5.69 Å². The van der Waals surface area contributed by atoms with E-state index in [1.54, 1.807) is 24.0 Å². The van der Waals surface area contributed by atoms with E-state index < -0.39 is 0 Å². The van der Waals surface area contributed by atoms with Crippen LogP contribution in [0.2, 0.25) is 0 Å². The first kappa shape index (κ1) is 9.71. The van der Waals surface area contributed by atoms with Crippen molar-refractivity contribution < 1.29 is 4.39 Å². The largest absolute Gasteiger partial charge is 0.388 e. The molecule has 0 unspecified atom stereocenters. The molecule has 0 spiro atoms. The molecular formula is C11H12FN3. The van der Waals surface area contributed by atoms with Gasteiger partial charge in [-0.2, -0.15) is 5.10 Å². The summed E-state index contributed by atoms with van der Waals surface area (Å²) in [5.41, 5.74) is 2.69. The molecule has 1 aromatic carbocycles. The highest BCUT2D eigenvalue weighted by Crippen LogP contribution is 2.27. The Bertz CT molecular complexity index is 476. The van der Waals surface area contributed by atoms with E-state index in [9.17, 15) is 4.39 Å². The lowest BCUT2D eigenvalue weighted by Gasteiger charge is -2.06. The molecule has 3 nitrogen and oxygen atoms in total. The summed E-state index contributed by atoms with van der Waals surface area (Å²) >= 11 is 0. The lowest BCUT2D eigenvalue weighted by molar-refractivity contribution is 0.628. The molecule has 0 atom stereocenters. The fourth-order valence-electron chi connectivity index (χ4n) is 1.54. The van der Waals surface area contributed by atoms with E-state index in [0.29, 0.717) is 0 Å². The number of hydrogen-bond acceptors (Lipinski definition) is 2. The zero-order valence-electron chi connectivity index (χ0n) is 8.66. The third-order valence-corrected chi connectivity index (χ3v) is 2.27. The molecule has 0 amide bonds. The van der Waals surface area contributed by atoms with Crippen LogP contribution in [0.4, 0.5) is 10.1 Å². The van der Waals surface area contributed by atoms with Crippen LogP contribution >= 0.6 is 0 Å². The lowest BCUT2D eigenvalue weighted by atomic mass is 10.1. The fraction of sp³-hybridized carbons (Fsp3) is 0.182. The van der Waals surface area contributed by atoms with Crippen molar-refractivity contribution in [2.75, 3.05) is 12.4 Å². The first-order valence-corrected chi connectivity index (χ1v) is 4.67. The topological polar surface area (TPSA) is 29.9 Å². The smallest absolute Gasteiger partial charge is 0.125 e. The molecule has 2 aromatic rings. The molecule has 4 heteroatoms. The molecule has 0 saturated heterocycles. The van der Waals surface area contributed by atoms with Gasteiger partial charge in [-0.05, 0) is 18.2 Å². The van der Waals surface area contributed by atoms with Gasteiger partial charge in [0, 0.05) is 37.1 Å². The highest BCUT2D eigenvalue weighted by atomic mass is 19.1. The van der Waals surface area contributed by atoms with Gasteiger partial charge in [0.25, 0.3) is 0 Å². The van der Waals surface area contributed by atoms with Crippen molar-refractivity contribution in [1.29, 1.82) is 0 Å². The summed E-state index contributed by atoms with van der Waals surface area (Å²) in [6, 6.07) is 4.67. The second kappa shape index (κ2) is 3.73. The molecule has 0 aliphatic carbocycles. The Kier molecular flexibility index (Phi) is 2.41. The van der Waals surface area contributed by atoms with E-state index in [1.165, 1.54) is 12.1 Å². The Morgan fingerprint density at radius 3 is 2.80 bits per heavy atom. The lowest BCUT2D eigenvalue weighted by Crippen LogP contribution is -1.92. The van der Waals surface area contributed by atoms with Gasteiger partial charge in [0.05, 0.1) is 6.20 Å². The second-order valence-electron chi connectivity index (χ2n) is 3.34. The Hall–Kier alpha value is -1.84. The summed E-state index contributed by atoms with van der Waals surface area (Å²) in [7, 11) is 3.63. The number of aryl methyl sites for hydroxylation is 1. The number of benzene rings is 1. The van der Waals surface area contributed by atoms with Crippen molar-refractivity contribution in [2.45, 2.75) is 0 Å². The summed E-state index contributed by atoms with van der Waals surface area (Å²) in [6.07, 6.45) is 3.65. The zero-order valence-corrected chi connectivity index (χ0v) is 8.66. The molecule has 1 heterocycles. The number of nitrogens with one attached hydrogen (secondary N) is 1. The molecule has 0 fully saturated rings. The van der Waals surface area contributed by atoms with Crippen LogP contribution in [-0.4, -0.2) is 16.8 Å². The van der Waals surface area contributed by atoms with Crippen LogP contribution < -0.4 is 5.32 Å². The van der Waals surface area contributed by atoms with Crippen molar-refractivity contribution in [3.8, 4) is 11.1 Å². The molecule has 78 valence electrons. The van der Waals surface area contributed by atoms with Gasteiger partial charge in [-0.3, -0.25) is 4.68 Å². The van der Waals surface area contributed by atoms with Gasteiger partial charge >= 0.3 is 0 Å². The maximum absolute atomic E-state index is 13.0. The minimum atomic E-state index is -0.244. The molecule has 2 rings (SSSR count). The number of rotatable bonds is 2. The maximum Gasteiger partial charge on any atom is 0.125 e. The summed E-state index contributed by atoms with van der Waals surface area (Å²) < 4.78 is 14.7. The van der Waals surface area contributed by atoms with Crippen molar-refractivity contribution in [1.82, 2.24) is 9.78 Å². The quantitative estimate of drug-likeness (QED) is 0.815. The van der Waals surface area contributed by atoms with Crippen molar-refractivity contribution in [3.63, 3.8) is 0 Å². The average molecular weight is 205 g/mol. The van der Waals surface area contributed by atoms with Gasteiger partial charge in [0.1, 0.15) is 5.82 Å². The normalized spacial score (nSPS) is 10.3. The zero-order chi connectivity index (χ0) is 10.8. The van der Waals surface area contributed by atoms with Crippen molar-refractivity contribution in [2.24, 2.45) is 7.05 Å². The standard InChI is InChI=1S/C11H12FN3/c1-13-11-5-9(12)3-4-10(11)8-6-14-15(2)7-8/h3-7,13H,1-2H3. The Morgan fingerprint density at radius 1 is 1.40 bits per heavy atom. The molecule has 0 saturated carbocycles. The monoisotopic (exact) mass is 205 g/mol. The summed E-state index contributed by atoms with van der Waals surface area (Å²) in [5, 5.41) is 7.05. The van der Waals surface area contributed by atoms with Gasteiger partial charge in [0.15, 0.2) is 0 Å². The van der Waals surface area contributed by atoms with Gasteiger partial charge in [-0.1, -0.05) is 0 Å². The minimum Gasteiger partial charge on any atom is -0.388 e. The highest BCUT2D eigenvalue weighted by molar-refractivity contribution is 5.76. The van der Waals surface area contributed by atoms with E-state index in [2.05, 4.69) is 10.4 Å². The third kappa shape index (κ3) is 1.83. The maximum atomic E-state index is 13.0. The predicted octanol–water partition coefficient (Wildman–Crippen LogP) is 2.27. The van der Waals surface area contributed by atoms with Gasteiger partial charge in [-0.25, -0.2) is 4.39 Å².